The van der Waals surface area contributed by atoms with Crippen molar-refractivity contribution in [3.05, 3.63) is 48.3 Å². The van der Waals surface area contributed by atoms with E-state index >= 15 is 0 Å². The first kappa shape index (κ1) is 11.2. The molecule has 3 rings (SSSR count). The summed E-state index contributed by atoms with van der Waals surface area (Å²) in [5.74, 6) is 1.48. The largest absolute Gasteiger partial charge is 0.326 e. The molecule has 3 aromatic rings. The number of hydrogen-bond acceptors (Lipinski definition) is 2. The van der Waals surface area contributed by atoms with Gasteiger partial charge in [0.15, 0.2) is 0 Å². The minimum absolute atomic E-state index is 0.534. The van der Waals surface area contributed by atoms with Gasteiger partial charge in [0, 0.05) is 24.7 Å². The van der Waals surface area contributed by atoms with Gasteiger partial charge in [-0.1, -0.05) is 24.3 Å². The Balaban J connectivity index is 2.15. The Morgan fingerprint density at radius 3 is 2.61 bits per heavy atom. The summed E-state index contributed by atoms with van der Waals surface area (Å²) in [7, 11) is 2.00. The number of halogens is 1. The number of pyridine rings is 1. The van der Waals surface area contributed by atoms with Crippen LogP contribution in [0.2, 0.25) is 0 Å². The van der Waals surface area contributed by atoms with E-state index in [0.717, 1.165) is 28.0 Å². The van der Waals surface area contributed by atoms with Crippen LogP contribution in [-0.4, -0.2) is 14.5 Å². The molecule has 0 radical (unpaired) electrons. The number of alkyl halides is 1. The summed E-state index contributed by atoms with van der Waals surface area (Å²) in [6.45, 7) is 0. The number of benzene rings is 1. The fourth-order valence-corrected chi connectivity index (χ4v) is 2.21. The SMILES string of the molecule is Cn1c(-c2ccc(CCl)cc2)nc2ccncc21. The van der Waals surface area contributed by atoms with Gasteiger partial charge in [-0.25, -0.2) is 4.98 Å². The molecule has 0 aliphatic heterocycles. The molecule has 0 aliphatic carbocycles. The first-order chi connectivity index (χ1) is 8.79. The quantitative estimate of drug-likeness (QED) is 0.659. The second-order valence-corrected chi connectivity index (χ2v) is 4.46. The predicted molar refractivity (Wildman–Crippen MR) is 73.5 cm³/mol. The minimum atomic E-state index is 0.534. The Morgan fingerprint density at radius 1 is 1.17 bits per heavy atom. The monoisotopic (exact) mass is 257 g/mol. The molecule has 90 valence electrons. The lowest BCUT2D eigenvalue weighted by Gasteiger charge is -2.03. The van der Waals surface area contributed by atoms with Crippen molar-refractivity contribution in [1.29, 1.82) is 0 Å². The number of imidazole rings is 1. The molecule has 0 saturated heterocycles. The van der Waals surface area contributed by atoms with Gasteiger partial charge < -0.3 is 4.57 Å². The summed E-state index contributed by atoms with van der Waals surface area (Å²) in [5.41, 5.74) is 4.20. The van der Waals surface area contributed by atoms with E-state index < -0.39 is 0 Å². The summed E-state index contributed by atoms with van der Waals surface area (Å²) in [5, 5.41) is 0. The molecule has 0 aliphatic rings. The van der Waals surface area contributed by atoms with Crippen LogP contribution in [0.3, 0.4) is 0 Å². The molecule has 0 amide bonds. The van der Waals surface area contributed by atoms with Crippen molar-refractivity contribution in [1.82, 2.24) is 14.5 Å². The molecule has 0 spiro atoms. The maximum absolute atomic E-state index is 5.79. The third kappa shape index (κ3) is 1.77. The average Bonchev–Trinajstić information content (AvgIpc) is 2.77. The number of hydrogen-bond donors (Lipinski definition) is 0. The Bertz CT molecular complexity index is 686. The molecule has 2 heterocycles. The summed E-state index contributed by atoms with van der Waals surface area (Å²) in [6.07, 6.45) is 3.59. The lowest BCUT2D eigenvalue weighted by atomic mass is 10.1. The van der Waals surface area contributed by atoms with Crippen molar-refractivity contribution in [2.75, 3.05) is 0 Å². The highest BCUT2D eigenvalue weighted by Crippen LogP contribution is 2.23. The van der Waals surface area contributed by atoms with Crippen molar-refractivity contribution in [3.8, 4) is 11.4 Å². The van der Waals surface area contributed by atoms with Crippen molar-refractivity contribution >= 4 is 22.6 Å². The molecule has 1 aromatic carbocycles. The van der Waals surface area contributed by atoms with Crippen LogP contribution in [0.25, 0.3) is 22.4 Å². The molecule has 0 fully saturated rings. The van der Waals surface area contributed by atoms with Crippen LogP contribution in [-0.2, 0) is 12.9 Å². The van der Waals surface area contributed by atoms with Gasteiger partial charge in [-0.3, -0.25) is 4.98 Å². The first-order valence-electron chi connectivity index (χ1n) is 5.71. The topological polar surface area (TPSA) is 30.7 Å². The van der Waals surface area contributed by atoms with E-state index in [4.69, 9.17) is 11.6 Å². The maximum Gasteiger partial charge on any atom is 0.140 e. The summed E-state index contributed by atoms with van der Waals surface area (Å²) in [4.78, 5) is 8.76. The number of fused-ring (bicyclic) bond motifs is 1. The van der Waals surface area contributed by atoms with Gasteiger partial charge in [0.25, 0.3) is 0 Å². The number of aromatic nitrogens is 3. The third-order valence-corrected chi connectivity index (χ3v) is 3.36. The highest BCUT2D eigenvalue weighted by atomic mass is 35.5. The van der Waals surface area contributed by atoms with Gasteiger partial charge in [0.1, 0.15) is 5.82 Å². The molecule has 4 heteroatoms. The van der Waals surface area contributed by atoms with E-state index in [9.17, 15) is 0 Å². The smallest absolute Gasteiger partial charge is 0.140 e. The van der Waals surface area contributed by atoms with Crippen molar-refractivity contribution < 1.29 is 0 Å². The minimum Gasteiger partial charge on any atom is -0.326 e. The van der Waals surface area contributed by atoms with Crippen LogP contribution in [0.5, 0.6) is 0 Å². The van der Waals surface area contributed by atoms with E-state index in [1.54, 1.807) is 6.20 Å². The van der Waals surface area contributed by atoms with Crippen LogP contribution < -0.4 is 0 Å². The number of nitrogens with zero attached hydrogens (tertiary/aromatic N) is 3. The Morgan fingerprint density at radius 2 is 1.94 bits per heavy atom. The van der Waals surface area contributed by atoms with Crippen molar-refractivity contribution in [2.24, 2.45) is 7.05 Å². The molecule has 0 saturated carbocycles. The Hall–Kier alpha value is -1.87. The van der Waals surface area contributed by atoms with E-state index in [-0.39, 0.29) is 0 Å². The zero-order valence-corrected chi connectivity index (χ0v) is 10.7. The highest BCUT2D eigenvalue weighted by Gasteiger charge is 2.09. The molecule has 0 unspecified atom stereocenters. The fraction of sp³-hybridized carbons (Fsp3) is 0.143. The van der Waals surface area contributed by atoms with Gasteiger partial charge >= 0.3 is 0 Å². The molecule has 0 N–H and O–H groups in total. The van der Waals surface area contributed by atoms with E-state index in [0.29, 0.717) is 5.88 Å². The van der Waals surface area contributed by atoms with Gasteiger partial charge in [-0.05, 0) is 11.6 Å². The normalized spacial score (nSPS) is 11.0. The van der Waals surface area contributed by atoms with Crippen LogP contribution in [0.15, 0.2) is 42.7 Å². The van der Waals surface area contributed by atoms with E-state index in [2.05, 4.69) is 14.5 Å². The fourth-order valence-electron chi connectivity index (χ4n) is 2.04. The number of aryl methyl sites for hydroxylation is 1. The maximum atomic E-state index is 5.79. The van der Waals surface area contributed by atoms with Gasteiger partial charge in [-0.2, -0.15) is 0 Å². The summed E-state index contributed by atoms with van der Waals surface area (Å²) in [6, 6.07) is 10.1. The average molecular weight is 258 g/mol. The molecule has 3 nitrogen and oxygen atoms in total. The summed E-state index contributed by atoms with van der Waals surface area (Å²) >= 11 is 5.79. The lowest BCUT2D eigenvalue weighted by Crippen LogP contribution is -1.92. The second-order valence-electron chi connectivity index (χ2n) is 4.19. The zero-order chi connectivity index (χ0) is 12.5. The first-order valence-corrected chi connectivity index (χ1v) is 6.25. The Kier molecular flexibility index (Phi) is 2.76. The van der Waals surface area contributed by atoms with Gasteiger partial charge in [0.2, 0.25) is 0 Å². The van der Waals surface area contributed by atoms with Gasteiger partial charge in [0.05, 0.1) is 17.2 Å². The molecular formula is C14H12ClN3. The van der Waals surface area contributed by atoms with Crippen molar-refractivity contribution in [3.63, 3.8) is 0 Å². The predicted octanol–water partition coefficient (Wildman–Crippen LogP) is 3.37. The highest BCUT2D eigenvalue weighted by molar-refractivity contribution is 6.17. The van der Waals surface area contributed by atoms with Crippen LogP contribution in [0, 0.1) is 0 Å². The Labute approximate surface area is 110 Å². The molecule has 0 bridgehead atoms. The van der Waals surface area contributed by atoms with Gasteiger partial charge in [-0.15, -0.1) is 11.6 Å². The van der Waals surface area contributed by atoms with E-state index in [1.807, 2.05) is 43.6 Å². The lowest BCUT2D eigenvalue weighted by molar-refractivity contribution is 0.956. The van der Waals surface area contributed by atoms with Crippen LogP contribution in [0.1, 0.15) is 5.56 Å². The molecular weight excluding hydrogens is 246 g/mol. The third-order valence-electron chi connectivity index (χ3n) is 3.05. The van der Waals surface area contributed by atoms with Crippen molar-refractivity contribution in [2.45, 2.75) is 5.88 Å². The zero-order valence-electron chi connectivity index (χ0n) is 9.97. The number of rotatable bonds is 2. The molecule has 18 heavy (non-hydrogen) atoms. The standard InChI is InChI=1S/C14H12ClN3/c1-18-13-9-16-7-6-12(13)17-14(18)11-4-2-10(8-15)3-5-11/h2-7,9H,8H2,1H3. The molecule has 0 atom stereocenters. The van der Waals surface area contributed by atoms with Crippen LogP contribution >= 0.6 is 11.6 Å². The van der Waals surface area contributed by atoms with E-state index in [1.165, 1.54) is 0 Å². The van der Waals surface area contributed by atoms with Crippen LogP contribution in [0.4, 0.5) is 0 Å². The summed E-state index contributed by atoms with van der Waals surface area (Å²) < 4.78 is 2.05. The second kappa shape index (κ2) is 4.42. The molecule has 2 aromatic heterocycles.